The molecule has 1 aliphatic rings. The molecule has 1 saturated heterocycles. The fraction of sp³-hybridized carbons (Fsp3) is 0.875. The lowest BCUT2D eigenvalue weighted by atomic mass is 10.1. The number of amides is 2. The standard InChI is InChI=1S/C16H30N2O4/c1-5-6-7-8-9-14(20)17-12-10-18(11-13(12)19)15(21)22-16(2,3)4/h12-13,19H,5-11H2,1-4H3,(H,17,20)/t12-,13-/m1/s1. The van der Waals surface area contributed by atoms with Crippen LogP contribution in [0.4, 0.5) is 4.79 Å². The number of aliphatic hydroxyl groups excluding tert-OH is 1. The molecule has 128 valence electrons. The Morgan fingerprint density at radius 2 is 1.91 bits per heavy atom. The summed E-state index contributed by atoms with van der Waals surface area (Å²) in [6.45, 7) is 8.00. The Kier molecular flexibility index (Phi) is 7.13. The van der Waals surface area contributed by atoms with Crippen LogP contribution in [0.25, 0.3) is 0 Å². The van der Waals surface area contributed by atoms with Gasteiger partial charge in [0.15, 0.2) is 0 Å². The van der Waals surface area contributed by atoms with Gasteiger partial charge in [0.25, 0.3) is 0 Å². The van der Waals surface area contributed by atoms with E-state index >= 15 is 0 Å². The van der Waals surface area contributed by atoms with Crippen molar-refractivity contribution in [1.82, 2.24) is 10.2 Å². The van der Waals surface area contributed by atoms with Crippen molar-refractivity contribution in [3.05, 3.63) is 0 Å². The number of nitrogens with zero attached hydrogens (tertiary/aromatic N) is 1. The van der Waals surface area contributed by atoms with Crippen molar-refractivity contribution in [2.75, 3.05) is 13.1 Å². The molecule has 22 heavy (non-hydrogen) atoms. The number of β-amino-alcohol motifs (C(OH)–C–C–N with tert-alkyl or cyclic N) is 1. The number of ether oxygens (including phenoxy) is 1. The third-order valence-electron chi connectivity index (χ3n) is 3.54. The lowest BCUT2D eigenvalue weighted by molar-refractivity contribution is -0.122. The first-order valence-electron chi connectivity index (χ1n) is 8.18. The molecular weight excluding hydrogens is 284 g/mol. The van der Waals surface area contributed by atoms with Gasteiger partial charge in [0, 0.05) is 13.0 Å². The molecule has 0 aromatic heterocycles. The number of carbonyl (C=O) groups is 2. The van der Waals surface area contributed by atoms with Crippen molar-refractivity contribution in [3.8, 4) is 0 Å². The first-order chi connectivity index (χ1) is 10.2. The van der Waals surface area contributed by atoms with Crippen LogP contribution in [0, 0.1) is 0 Å². The van der Waals surface area contributed by atoms with Crippen LogP contribution < -0.4 is 5.32 Å². The van der Waals surface area contributed by atoms with Gasteiger partial charge in [-0.3, -0.25) is 4.79 Å². The molecule has 2 N–H and O–H groups in total. The largest absolute Gasteiger partial charge is 0.444 e. The SMILES string of the molecule is CCCCCCC(=O)N[C@@H]1CN(C(=O)OC(C)(C)C)C[C@H]1O. The zero-order valence-corrected chi connectivity index (χ0v) is 14.2. The summed E-state index contributed by atoms with van der Waals surface area (Å²) in [5.41, 5.74) is -0.567. The van der Waals surface area contributed by atoms with Crippen LogP contribution in [0.5, 0.6) is 0 Å². The molecule has 2 atom stereocenters. The third-order valence-corrected chi connectivity index (χ3v) is 3.54. The van der Waals surface area contributed by atoms with Crippen LogP contribution in [-0.4, -0.2) is 52.8 Å². The van der Waals surface area contributed by atoms with Crippen molar-refractivity contribution in [1.29, 1.82) is 0 Å². The summed E-state index contributed by atoms with van der Waals surface area (Å²) in [5, 5.41) is 12.8. The first kappa shape index (κ1) is 18.7. The highest BCUT2D eigenvalue weighted by Gasteiger charge is 2.36. The van der Waals surface area contributed by atoms with E-state index in [-0.39, 0.29) is 19.0 Å². The van der Waals surface area contributed by atoms with Gasteiger partial charge in [-0.15, -0.1) is 0 Å². The normalized spacial score (nSPS) is 21.8. The second-order valence-electron chi connectivity index (χ2n) is 6.94. The van der Waals surface area contributed by atoms with Gasteiger partial charge in [-0.05, 0) is 27.2 Å². The Morgan fingerprint density at radius 1 is 1.23 bits per heavy atom. The zero-order chi connectivity index (χ0) is 16.8. The van der Waals surface area contributed by atoms with E-state index in [0.717, 1.165) is 25.7 Å². The van der Waals surface area contributed by atoms with Crippen LogP contribution in [0.15, 0.2) is 0 Å². The molecule has 1 rings (SSSR count). The van der Waals surface area contributed by atoms with Crippen molar-refractivity contribution in [3.63, 3.8) is 0 Å². The lowest BCUT2D eigenvalue weighted by Gasteiger charge is -2.24. The molecular formula is C16H30N2O4. The van der Waals surface area contributed by atoms with E-state index in [2.05, 4.69) is 12.2 Å². The highest BCUT2D eigenvalue weighted by molar-refractivity contribution is 5.76. The number of carbonyl (C=O) groups excluding carboxylic acids is 2. The van der Waals surface area contributed by atoms with Gasteiger partial charge < -0.3 is 20.1 Å². The van der Waals surface area contributed by atoms with E-state index in [1.165, 1.54) is 4.90 Å². The quantitative estimate of drug-likeness (QED) is 0.736. The minimum Gasteiger partial charge on any atom is -0.444 e. The number of hydrogen-bond acceptors (Lipinski definition) is 4. The van der Waals surface area contributed by atoms with Gasteiger partial charge in [-0.2, -0.15) is 0 Å². The smallest absolute Gasteiger partial charge is 0.410 e. The van der Waals surface area contributed by atoms with Crippen LogP contribution in [0.3, 0.4) is 0 Å². The molecule has 1 aliphatic heterocycles. The Labute approximate surface area is 133 Å². The molecule has 0 unspecified atom stereocenters. The molecule has 2 amide bonds. The average Bonchev–Trinajstić information content (AvgIpc) is 2.74. The Hall–Kier alpha value is -1.30. The van der Waals surface area contributed by atoms with Crippen molar-refractivity contribution >= 4 is 12.0 Å². The maximum Gasteiger partial charge on any atom is 0.410 e. The maximum atomic E-state index is 12.0. The summed E-state index contributed by atoms with van der Waals surface area (Å²) in [6, 6.07) is -0.411. The molecule has 1 fully saturated rings. The summed E-state index contributed by atoms with van der Waals surface area (Å²) in [7, 11) is 0. The number of nitrogens with one attached hydrogen (secondary N) is 1. The minimum atomic E-state index is -0.743. The fourth-order valence-electron chi connectivity index (χ4n) is 2.40. The summed E-state index contributed by atoms with van der Waals surface area (Å²) < 4.78 is 5.28. The predicted octanol–water partition coefficient (Wildman–Crippen LogP) is 2.05. The van der Waals surface area contributed by atoms with E-state index in [1.807, 2.05) is 0 Å². The topological polar surface area (TPSA) is 78.9 Å². The summed E-state index contributed by atoms with van der Waals surface area (Å²) in [6.07, 6.45) is 3.44. The summed E-state index contributed by atoms with van der Waals surface area (Å²) >= 11 is 0. The second-order valence-corrected chi connectivity index (χ2v) is 6.94. The van der Waals surface area contributed by atoms with E-state index < -0.39 is 23.8 Å². The first-order valence-corrected chi connectivity index (χ1v) is 8.18. The molecule has 0 radical (unpaired) electrons. The third kappa shape index (κ3) is 6.64. The molecule has 1 heterocycles. The summed E-state index contributed by atoms with van der Waals surface area (Å²) in [5.74, 6) is -0.0637. The predicted molar refractivity (Wildman–Crippen MR) is 84.5 cm³/mol. The van der Waals surface area contributed by atoms with Crippen LogP contribution in [0.2, 0.25) is 0 Å². The van der Waals surface area contributed by atoms with Gasteiger partial charge in [0.2, 0.25) is 5.91 Å². The van der Waals surface area contributed by atoms with Crippen LogP contribution in [0.1, 0.15) is 59.8 Å². The molecule has 0 aromatic carbocycles. The fourth-order valence-corrected chi connectivity index (χ4v) is 2.40. The number of aliphatic hydroxyl groups is 1. The van der Waals surface area contributed by atoms with Crippen LogP contribution in [-0.2, 0) is 9.53 Å². The highest BCUT2D eigenvalue weighted by Crippen LogP contribution is 2.16. The van der Waals surface area contributed by atoms with Gasteiger partial charge in [-0.1, -0.05) is 26.2 Å². The number of likely N-dealkylation sites (tertiary alicyclic amines) is 1. The Morgan fingerprint density at radius 3 is 2.50 bits per heavy atom. The van der Waals surface area contributed by atoms with E-state index in [1.54, 1.807) is 20.8 Å². The summed E-state index contributed by atoms with van der Waals surface area (Å²) in [4.78, 5) is 25.3. The van der Waals surface area contributed by atoms with E-state index in [4.69, 9.17) is 4.74 Å². The average molecular weight is 314 g/mol. The van der Waals surface area contributed by atoms with Gasteiger partial charge in [0.05, 0.1) is 18.7 Å². The molecule has 6 nitrogen and oxygen atoms in total. The molecule has 0 spiro atoms. The van der Waals surface area contributed by atoms with Gasteiger partial charge in [-0.25, -0.2) is 4.79 Å². The van der Waals surface area contributed by atoms with Crippen molar-refractivity contribution in [2.24, 2.45) is 0 Å². The van der Waals surface area contributed by atoms with E-state index in [9.17, 15) is 14.7 Å². The van der Waals surface area contributed by atoms with Gasteiger partial charge >= 0.3 is 6.09 Å². The van der Waals surface area contributed by atoms with Crippen LogP contribution >= 0.6 is 0 Å². The zero-order valence-electron chi connectivity index (χ0n) is 14.2. The van der Waals surface area contributed by atoms with Crippen molar-refractivity contribution < 1.29 is 19.4 Å². The second kappa shape index (κ2) is 8.36. The molecule has 0 saturated carbocycles. The molecule has 0 aliphatic carbocycles. The molecule has 0 aromatic rings. The van der Waals surface area contributed by atoms with E-state index in [0.29, 0.717) is 6.42 Å². The Bertz CT molecular complexity index is 379. The maximum absolute atomic E-state index is 12.0. The number of rotatable bonds is 6. The molecule has 6 heteroatoms. The van der Waals surface area contributed by atoms with Gasteiger partial charge in [0.1, 0.15) is 5.60 Å². The molecule has 0 bridgehead atoms. The van der Waals surface area contributed by atoms with Crippen molar-refractivity contribution in [2.45, 2.75) is 77.5 Å². The highest BCUT2D eigenvalue weighted by atomic mass is 16.6. The monoisotopic (exact) mass is 314 g/mol. The number of unbranched alkanes of at least 4 members (excludes halogenated alkanes) is 3. The Balaban J connectivity index is 2.37. The minimum absolute atomic E-state index is 0.0637. The number of hydrogen-bond donors (Lipinski definition) is 2. The lowest BCUT2D eigenvalue weighted by Crippen LogP contribution is -2.43.